The molecule has 1 unspecified atom stereocenters. The molecule has 0 aliphatic carbocycles. The van der Waals surface area contributed by atoms with Gasteiger partial charge in [0.25, 0.3) is 0 Å². The lowest BCUT2D eigenvalue weighted by molar-refractivity contribution is 0.332. The maximum atomic E-state index is 6.23. The van der Waals surface area contributed by atoms with E-state index in [0.29, 0.717) is 13.2 Å². The maximum absolute atomic E-state index is 6.23. The number of benzene rings is 1. The van der Waals surface area contributed by atoms with Crippen molar-refractivity contribution in [2.75, 3.05) is 6.61 Å². The van der Waals surface area contributed by atoms with E-state index < -0.39 is 0 Å². The molecule has 0 spiro atoms. The Morgan fingerprint density at radius 1 is 1.39 bits per heavy atom. The van der Waals surface area contributed by atoms with Gasteiger partial charge in [-0.1, -0.05) is 18.2 Å². The average molecular weight is 245 g/mol. The number of ether oxygens (including phenoxy) is 1. The number of para-hydroxylation sites is 1. The minimum atomic E-state index is -0.118. The summed E-state index contributed by atoms with van der Waals surface area (Å²) in [6.07, 6.45) is 3.82. The van der Waals surface area contributed by atoms with Crippen LogP contribution in [0.1, 0.15) is 24.1 Å². The number of nitrogens with zero attached hydrogens (tertiary/aromatic N) is 2. The van der Waals surface area contributed by atoms with Gasteiger partial charge in [0.1, 0.15) is 5.75 Å². The monoisotopic (exact) mass is 245 g/mol. The van der Waals surface area contributed by atoms with Crippen molar-refractivity contribution in [1.29, 1.82) is 0 Å². The molecule has 0 aliphatic rings. The van der Waals surface area contributed by atoms with E-state index in [2.05, 4.69) is 5.10 Å². The van der Waals surface area contributed by atoms with Crippen LogP contribution in [0.3, 0.4) is 0 Å². The third kappa shape index (κ3) is 2.90. The third-order valence-electron chi connectivity index (χ3n) is 2.76. The zero-order valence-corrected chi connectivity index (χ0v) is 10.8. The number of nitrogens with two attached hydrogens (primary N) is 1. The van der Waals surface area contributed by atoms with E-state index in [9.17, 15) is 0 Å². The fraction of sp³-hybridized carbons (Fsp3) is 0.357. The zero-order valence-electron chi connectivity index (χ0n) is 10.8. The van der Waals surface area contributed by atoms with E-state index in [1.807, 2.05) is 55.2 Å². The molecule has 18 heavy (non-hydrogen) atoms. The normalized spacial score (nSPS) is 12.4. The van der Waals surface area contributed by atoms with Gasteiger partial charge in [0.2, 0.25) is 0 Å². The highest BCUT2D eigenvalue weighted by atomic mass is 16.5. The molecule has 0 amide bonds. The summed E-state index contributed by atoms with van der Waals surface area (Å²) in [7, 11) is 0. The molecule has 2 N–H and O–H groups in total. The predicted molar refractivity (Wildman–Crippen MR) is 71.5 cm³/mol. The Kier molecular flexibility index (Phi) is 3.99. The van der Waals surface area contributed by atoms with E-state index in [1.165, 1.54) is 0 Å². The molecule has 1 heterocycles. The second-order valence-electron chi connectivity index (χ2n) is 4.32. The first kappa shape index (κ1) is 12.6. The number of hydrogen-bond acceptors (Lipinski definition) is 3. The summed E-state index contributed by atoms with van der Waals surface area (Å²) in [4.78, 5) is 0. The zero-order chi connectivity index (χ0) is 13.0. The molecular weight excluding hydrogens is 226 g/mol. The molecule has 0 saturated heterocycles. The van der Waals surface area contributed by atoms with Crippen LogP contribution in [-0.2, 0) is 6.54 Å². The van der Waals surface area contributed by atoms with Gasteiger partial charge in [0.05, 0.1) is 25.4 Å². The van der Waals surface area contributed by atoms with Gasteiger partial charge in [-0.3, -0.25) is 4.68 Å². The molecule has 0 fully saturated rings. The molecule has 0 radical (unpaired) electrons. The summed E-state index contributed by atoms with van der Waals surface area (Å²) in [5.41, 5.74) is 8.39. The van der Waals surface area contributed by atoms with Crippen molar-refractivity contribution in [3.63, 3.8) is 0 Å². The van der Waals surface area contributed by atoms with E-state index in [4.69, 9.17) is 10.5 Å². The highest BCUT2D eigenvalue weighted by molar-refractivity contribution is 5.35. The molecule has 2 aromatic rings. The largest absolute Gasteiger partial charge is 0.494 e. The maximum Gasteiger partial charge on any atom is 0.124 e. The van der Waals surface area contributed by atoms with Crippen LogP contribution in [0, 0.1) is 6.92 Å². The smallest absolute Gasteiger partial charge is 0.124 e. The van der Waals surface area contributed by atoms with Crippen molar-refractivity contribution >= 4 is 0 Å². The SMILES string of the molecule is CCOc1ccccc1C(N)Cn1cc(C)cn1. The Bertz CT molecular complexity index is 507. The number of rotatable bonds is 5. The molecule has 4 heteroatoms. The molecule has 2 rings (SSSR count). The van der Waals surface area contributed by atoms with Crippen LogP contribution in [0.2, 0.25) is 0 Å². The molecule has 0 aliphatic heterocycles. The van der Waals surface area contributed by atoms with Crippen molar-refractivity contribution in [2.45, 2.75) is 26.4 Å². The van der Waals surface area contributed by atoms with Crippen LogP contribution in [0.15, 0.2) is 36.7 Å². The van der Waals surface area contributed by atoms with E-state index in [-0.39, 0.29) is 6.04 Å². The Morgan fingerprint density at radius 2 is 2.17 bits per heavy atom. The minimum Gasteiger partial charge on any atom is -0.494 e. The summed E-state index contributed by atoms with van der Waals surface area (Å²) in [6.45, 7) is 5.28. The Hall–Kier alpha value is -1.81. The van der Waals surface area contributed by atoms with Crippen molar-refractivity contribution in [3.8, 4) is 5.75 Å². The third-order valence-corrected chi connectivity index (χ3v) is 2.76. The quantitative estimate of drug-likeness (QED) is 0.879. The summed E-state index contributed by atoms with van der Waals surface area (Å²) in [5.74, 6) is 0.858. The van der Waals surface area contributed by atoms with Crippen LogP contribution in [0.4, 0.5) is 0 Å². The lowest BCUT2D eigenvalue weighted by Crippen LogP contribution is -2.18. The van der Waals surface area contributed by atoms with E-state index in [0.717, 1.165) is 16.9 Å². The second-order valence-corrected chi connectivity index (χ2v) is 4.32. The van der Waals surface area contributed by atoms with Gasteiger partial charge in [0.15, 0.2) is 0 Å². The molecule has 96 valence electrons. The Morgan fingerprint density at radius 3 is 2.83 bits per heavy atom. The first-order chi connectivity index (χ1) is 8.70. The molecule has 1 aromatic carbocycles. The van der Waals surface area contributed by atoms with Crippen molar-refractivity contribution in [3.05, 3.63) is 47.8 Å². The van der Waals surface area contributed by atoms with Gasteiger partial charge in [0, 0.05) is 11.8 Å². The Labute approximate surface area is 107 Å². The fourth-order valence-corrected chi connectivity index (χ4v) is 1.94. The summed E-state index contributed by atoms with van der Waals surface area (Å²) in [5, 5.41) is 4.25. The topological polar surface area (TPSA) is 53.1 Å². The molecule has 1 aromatic heterocycles. The number of aryl methyl sites for hydroxylation is 1. The van der Waals surface area contributed by atoms with E-state index >= 15 is 0 Å². The van der Waals surface area contributed by atoms with Crippen molar-refractivity contribution in [1.82, 2.24) is 9.78 Å². The minimum absolute atomic E-state index is 0.118. The first-order valence-corrected chi connectivity index (χ1v) is 6.17. The number of aromatic nitrogens is 2. The summed E-state index contributed by atoms with van der Waals surface area (Å²) < 4.78 is 7.46. The van der Waals surface area contributed by atoms with Crippen LogP contribution < -0.4 is 10.5 Å². The van der Waals surface area contributed by atoms with E-state index in [1.54, 1.807) is 0 Å². The van der Waals surface area contributed by atoms with Gasteiger partial charge >= 0.3 is 0 Å². The Balaban J connectivity index is 2.15. The van der Waals surface area contributed by atoms with Crippen LogP contribution in [-0.4, -0.2) is 16.4 Å². The molecule has 0 saturated carbocycles. The van der Waals surface area contributed by atoms with Gasteiger partial charge < -0.3 is 10.5 Å². The van der Waals surface area contributed by atoms with Crippen molar-refractivity contribution in [2.24, 2.45) is 5.73 Å². The second kappa shape index (κ2) is 5.69. The average Bonchev–Trinajstić information content (AvgIpc) is 2.76. The molecule has 1 atom stereocenters. The van der Waals surface area contributed by atoms with Crippen molar-refractivity contribution < 1.29 is 4.74 Å². The van der Waals surface area contributed by atoms with Gasteiger partial charge in [-0.05, 0) is 25.5 Å². The summed E-state index contributed by atoms with van der Waals surface area (Å²) in [6, 6.07) is 7.77. The molecule has 0 bridgehead atoms. The highest BCUT2D eigenvalue weighted by Crippen LogP contribution is 2.24. The number of hydrogen-bond donors (Lipinski definition) is 1. The summed E-state index contributed by atoms with van der Waals surface area (Å²) >= 11 is 0. The lowest BCUT2D eigenvalue weighted by Gasteiger charge is -2.16. The highest BCUT2D eigenvalue weighted by Gasteiger charge is 2.12. The molecule has 4 nitrogen and oxygen atoms in total. The van der Waals surface area contributed by atoms with Gasteiger partial charge in [-0.15, -0.1) is 0 Å². The van der Waals surface area contributed by atoms with Gasteiger partial charge in [-0.2, -0.15) is 5.10 Å². The fourth-order valence-electron chi connectivity index (χ4n) is 1.94. The molecular formula is C14H19N3O. The van der Waals surface area contributed by atoms with Crippen LogP contribution in [0.5, 0.6) is 5.75 Å². The predicted octanol–water partition coefficient (Wildman–Crippen LogP) is 2.29. The lowest BCUT2D eigenvalue weighted by atomic mass is 10.1. The van der Waals surface area contributed by atoms with Crippen LogP contribution in [0.25, 0.3) is 0 Å². The van der Waals surface area contributed by atoms with Gasteiger partial charge in [-0.25, -0.2) is 0 Å². The standard InChI is InChI=1S/C14H19N3O/c1-3-18-14-7-5-4-6-12(14)13(15)10-17-9-11(2)8-16-17/h4-9,13H,3,10,15H2,1-2H3. The van der Waals surface area contributed by atoms with Crippen LogP contribution >= 0.6 is 0 Å². The first-order valence-electron chi connectivity index (χ1n) is 6.17.